The van der Waals surface area contributed by atoms with Gasteiger partial charge in [0.2, 0.25) is 0 Å². The van der Waals surface area contributed by atoms with Gasteiger partial charge in [0.25, 0.3) is 0 Å². The summed E-state index contributed by atoms with van der Waals surface area (Å²) < 4.78 is 5.74. The Morgan fingerprint density at radius 1 is 1.32 bits per heavy atom. The van der Waals surface area contributed by atoms with Gasteiger partial charge in [-0.2, -0.15) is 5.10 Å². The monoisotopic (exact) mass is 260 g/mol. The van der Waals surface area contributed by atoms with Gasteiger partial charge in [0.1, 0.15) is 5.75 Å². The molecular formula is C15H20N2O2. The fourth-order valence-corrected chi connectivity index (χ4v) is 1.89. The minimum absolute atomic E-state index is 0.0111. The van der Waals surface area contributed by atoms with Crippen molar-refractivity contribution in [1.29, 1.82) is 0 Å². The number of aryl methyl sites for hydroxylation is 1. The molecule has 0 bridgehead atoms. The van der Waals surface area contributed by atoms with Crippen LogP contribution in [0.3, 0.4) is 0 Å². The van der Waals surface area contributed by atoms with Gasteiger partial charge in [0.15, 0.2) is 0 Å². The van der Waals surface area contributed by atoms with E-state index in [1.165, 1.54) is 0 Å². The zero-order valence-corrected chi connectivity index (χ0v) is 11.6. The number of nitrogens with one attached hydrogen (secondary N) is 1. The molecule has 0 saturated heterocycles. The predicted octanol–water partition coefficient (Wildman–Crippen LogP) is 3.05. The van der Waals surface area contributed by atoms with Gasteiger partial charge in [-0.05, 0) is 44.5 Å². The number of hydrogen-bond acceptors (Lipinski definition) is 3. The van der Waals surface area contributed by atoms with Crippen molar-refractivity contribution in [3.05, 3.63) is 35.5 Å². The molecule has 0 aliphatic carbocycles. The summed E-state index contributed by atoms with van der Waals surface area (Å²) in [5, 5.41) is 16.5. The number of hydrogen-bond donors (Lipinski definition) is 2. The summed E-state index contributed by atoms with van der Waals surface area (Å²) >= 11 is 0. The molecule has 1 aromatic carbocycles. The molecule has 19 heavy (non-hydrogen) atoms. The third-order valence-corrected chi connectivity index (χ3v) is 3.27. The number of rotatable bonds is 5. The van der Waals surface area contributed by atoms with E-state index in [-0.39, 0.29) is 12.7 Å². The second kappa shape index (κ2) is 5.89. The van der Waals surface area contributed by atoms with Gasteiger partial charge in [0, 0.05) is 16.8 Å². The van der Waals surface area contributed by atoms with Gasteiger partial charge < -0.3 is 9.84 Å². The van der Waals surface area contributed by atoms with E-state index in [9.17, 15) is 5.11 Å². The lowest BCUT2D eigenvalue weighted by atomic mass is 10.1. The van der Waals surface area contributed by atoms with Crippen molar-refractivity contribution in [3.63, 3.8) is 0 Å². The van der Waals surface area contributed by atoms with E-state index >= 15 is 0 Å². The Hall–Kier alpha value is -1.81. The maximum absolute atomic E-state index is 9.37. The molecule has 0 saturated carbocycles. The van der Waals surface area contributed by atoms with E-state index in [1.54, 1.807) is 0 Å². The molecule has 4 heteroatoms. The van der Waals surface area contributed by atoms with Crippen molar-refractivity contribution in [3.8, 4) is 17.0 Å². The molecule has 2 N–H and O–H groups in total. The zero-order valence-electron chi connectivity index (χ0n) is 11.6. The minimum atomic E-state index is -0.0111. The first-order chi connectivity index (χ1) is 9.15. The first-order valence-corrected chi connectivity index (χ1v) is 6.57. The summed E-state index contributed by atoms with van der Waals surface area (Å²) in [6.45, 7) is 6.04. The normalized spacial score (nSPS) is 12.4. The summed E-state index contributed by atoms with van der Waals surface area (Å²) in [6, 6.07) is 7.80. The van der Waals surface area contributed by atoms with Crippen LogP contribution in [0.15, 0.2) is 24.3 Å². The average Bonchev–Trinajstić information content (AvgIpc) is 2.80. The highest BCUT2D eigenvalue weighted by Crippen LogP contribution is 2.26. The van der Waals surface area contributed by atoms with Crippen molar-refractivity contribution in [2.45, 2.75) is 39.9 Å². The van der Waals surface area contributed by atoms with Gasteiger partial charge in [-0.25, -0.2) is 0 Å². The molecule has 1 atom stereocenters. The second-order valence-corrected chi connectivity index (χ2v) is 4.69. The number of aromatic amines is 1. The van der Waals surface area contributed by atoms with Crippen molar-refractivity contribution in [2.75, 3.05) is 0 Å². The number of H-pyrrole nitrogens is 1. The third kappa shape index (κ3) is 2.96. The van der Waals surface area contributed by atoms with Gasteiger partial charge in [0.05, 0.1) is 18.4 Å². The minimum Gasteiger partial charge on any atom is -0.491 e. The zero-order chi connectivity index (χ0) is 13.8. The molecule has 1 heterocycles. The van der Waals surface area contributed by atoms with E-state index in [2.05, 4.69) is 24.0 Å². The molecule has 2 aromatic rings. The molecule has 0 radical (unpaired) electrons. The molecule has 0 fully saturated rings. The number of aliphatic hydroxyl groups excluding tert-OH is 1. The number of benzene rings is 1. The highest BCUT2D eigenvalue weighted by molar-refractivity contribution is 5.64. The van der Waals surface area contributed by atoms with Crippen LogP contribution in [0.5, 0.6) is 5.75 Å². The summed E-state index contributed by atoms with van der Waals surface area (Å²) in [5.41, 5.74) is 3.52. The largest absolute Gasteiger partial charge is 0.491 e. The lowest BCUT2D eigenvalue weighted by Crippen LogP contribution is -2.09. The van der Waals surface area contributed by atoms with Crippen molar-refractivity contribution < 1.29 is 9.84 Å². The van der Waals surface area contributed by atoms with Crippen LogP contribution in [0.25, 0.3) is 11.3 Å². The first kappa shape index (κ1) is 13.6. The summed E-state index contributed by atoms with van der Waals surface area (Å²) in [4.78, 5) is 0. The van der Waals surface area contributed by atoms with E-state index in [0.717, 1.165) is 34.7 Å². The Morgan fingerprint density at radius 2 is 2.00 bits per heavy atom. The molecule has 102 valence electrons. The van der Waals surface area contributed by atoms with Crippen molar-refractivity contribution in [2.24, 2.45) is 0 Å². The summed E-state index contributed by atoms with van der Waals surface area (Å²) in [7, 11) is 0. The number of aromatic nitrogens is 2. The maximum Gasteiger partial charge on any atom is 0.119 e. The van der Waals surface area contributed by atoms with Gasteiger partial charge in [-0.1, -0.05) is 6.92 Å². The average molecular weight is 260 g/mol. The van der Waals surface area contributed by atoms with Crippen LogP contribution >= 0.6 is 0 Å². The fraction of sp³-hybridized carbons (Fsp3) is 0.400. The maximum atomic E-state index is 9.37. The lowest BCUT2D eigenvalue weighted by Gasteiger charge is -2.12. The Bertz CT molecular complexity index is 532. The van der Waals surface area contributed by atoms with E-state index in [1.807, 2.05) is 31.2 Å². The van der Waals surface area contributed by atoms with Gasteiger partial charge in [-0.3, -0.25) is 5.10 Å². The van der Waals surface area contributed by atoms with Crippen molar-refractivity contribution in [1.82, 2.24) is 10.2 Å². The molecule has 1 unspecified atom stereocenters. The molecular weight excluding hydrogens is 240 g/mol. The molecule has 0 aliphatic rings. The van der Waals surface area contributed by atoms with Crippen LogP contribution < -0.4 is 4.74 Å². The van der Waals surface area contributed by atoms with E-state index < -0.39 is 0 Å². The van der Waals surface area contributed by atoms with Crippen LogP contribution in [-0.4, -0.2) is 21.4 Å². The summed E-state index contributed by atoms with van der Waals surface area (Å²) in [6.07, 6.45) is 1.20. The van der Waals surface area contributed by atoms with Crippen molar-refractivity contribution >= 4 is 0 Å². The standard InChI is InChI=1S/C15H20N2O2/c1-4-10(2)19-13-7-5-12(6-8-13)15-14(9-18)11(3)16-17-15/h5-8,10,18H,4,9H2,1-3H3,(H,16,17). The van der Waals surface area contributed by atoms with Gasteiger partial charge in [-0.15, -0.1) is 0 Å². The predicted molar refractivity (Wildman–Crippen MR) is 75.1 cm³/mol. The van der Waals surface area contributed by atoms with Crippen LogP contribution in [-0.2, 0) is 6.61 Å². The Kier molecular flexibility index (Phi) is 4.22. The molecule has 4 nitrogen and oxygen atoms in total. The molecule has 2 rings (SSSR count). The van der Waals surface area contributed by atoms with Crippen LogP contribution in [0.2, 0.25) is 0 Å². The number of aliphatic hydroxyl groups is 1. The lowest BCUT2D eigenvalue weighted by molar-refractivity contribution is 0.217. The third-order valence-electron chi connectivity index (χ3n) is 3.27. The van der Waals surface area contributed by atoms with Gasteiger partial charge >= 0.3 is 0 Å². The second-order valence-electron chi connectivity index (χ2n) is 4.69. The molecule has 0 spiro atoms. The number of nitrogens with zero attached hydrogens (tertiary/aromatic N) is 1. The highest BCUT2D eigenvalue weighted by atomic mass is 16.5. The fourth-order valence-electron chi connectivity index (χ4n) is 1.89. The smallest absolute Gasteiger partial charge is 0.119 e. The van der Waals surface area contributed by atoms with Crippen LogP contribution in [0, 0.1) is 6.92 Å². The molecule has 1 aromatic heterocycles. The molecule has 0 amide bonds. The molecule has 0 aliphatic heterocycles. The first-order valence-electron chi connectivity index (χ1n) is 6.57. The SMILES string of the molecule is CCC(C)Oc1ccc(-c2n[nH]c(C)c2CO)cc1. The Balaban J connectivity index is 2.22. The van der Waals surface area contributed by atoms with Crippen LogP contribution in [0.1, 0.15) is 31.5 Å². The topological polar surface area (TPSA) is 58.1 Å². The van der Waals surface area contributed by atoms with Crippen LogP contribution in [0.4, 0.5) is 0 Å². The highest BCUT2D eigenvalue weighted by Gasteiger charge is 2.11. The number of ether oxygens (including phenoxy) is 1. The van der Waals surface area contributed by atoms with E-state index in [0.29, 0.717) is 0 Å². The summed E-state index contributed by atoms with van der Waals surface area (Å²) in [5.74, 6) is 0.857. The Morgan fingerprint density at radius 3 is 2.58 bits per heavy atom. The Labute approximate surface area is 113 Å². The quantitative estimate of drug-likeness (QED) is 0.868. The van der Waals surface area contributed by atoms with E-state index in [4.69, 9.17) is 4.74 Å².